The van der Waals surface area contributed by atoms with E-state index in [-0.39, 0.29) is 31.1 Å². The molecule has 6 heteroatoms. The lowest BCUT2D eigenvalue weighted by molar-refractivity contribution is -0.167. The first kappa shape index (κ1) is 55.6. The Morgan fingerprint density at radius 1 is 0.362 bits per heavy atom. The van der Waals surface area contributed by atoms with E-state index in [1.807, 2.05) is 0 Å². The number of ether oxygens (including phenoxy) is 3. The number of rotatable bonds is 45. The van der Waals surface area contributed by atoms with Gasteiger partial charge in [-0.1, -0.05) is 224 Å². The molecule has 338 valence electrons. The number of hydrogen-bond acceptors (Lipinski definition) is 6. The van der Waals surface area contributed by atoms with Gasteiger partial charge in [-0.3, -0.25) is 14.4 Å². The summed E-state index contributed by atoms with van der Waals surface area (Å²) in [6.07, 6.45) is 54.1. The van der Waals surface area contributed by atoms with Crippen molar-refractivity contribution in [3.63, 3.8) is 0 Å². The van der Waals surface area contributed by atoms with E-state index in [1.54, 1.807) is 0 Å². The molecule has 0 bridgehead atoms. The summed E-state index contributed by atoms with van der Waals surface area (Å²) in [4.78, 5) is 37.8. The van der Waals surface area contributed by atoms with Gasteiger partial charge < -0.3 is 14.2 Å². The van der Waals surface area contributed by atoms with Gasteiger partial charge in [0.05, 0.1) is 0 Å². The number of carbonyl (C=O) groups excluding carboxylic acids is 3. The highest BCUT2D eigenvalue weighted by Crippen LogP contribution is 2.16. The average molecular weight is 815 g/mol. The Morgan fingerprint density at radius 3 is 1.05 bits per heavy atom. The minimum atomic E-state index is -0.774. The van der Waals surface area contributed by atoms with E-state index in [2.05, 4.69) is 57.2 Å². The zero-order valence-corrected chi connectivity index (χ0v) is 38.6. The summed E-state index contributed by atoms with van der Waals surface area (Å²) in [6, 6.07) is 0. The molecule has 1 atom stereocenters. The molecule has 0 aliphatic rings. The van der Waals surface area contributed by atoms with E-state index in [9.17, 15) is 14.4 Å². The van der Waals surface area contributed by atoms with Gasteiger partial charge in [-0.05, 0) is 51.4 Å². The number of hydrogen-bond donors (Lipinski definition) is 0. The summed E-state index contributed by atoms with van der Waals surface area (Å²) in [5, 5.41) is 0. The molecular formula is C52H94O6. The third-order valence-corrected chi connectivity index (χ3v) is 10.9. The second kappa shape index (κ2) is 47.3. The van der Waals surface area contributed by atoms with Crippen LogP contribution in [-0.2, 0) is 28.6 Å². The Bertz CT molecular complexity index is 984. The molecule has 0 amide bonds. The van der Waals surface area contributed by atoms with Crippen LogP contribution in [0.3, 0.4) is 0 Å². The van der Waals surface area contributed by atoms with Gasteiger partial charge in [-0.15, -0.1) is 0 Å². The molecule has 0 spiro atoms. The van der Waals surface area contributed by atoms with Gasteiger partial charge in [0.2, 0.25) is 0 Å². The summed E-state index contributed by atoms with van der Waals surface area (Å²) >= 11 is 0. The van der Waals surface area contributed by atoms with Crippen molar-refractivity contribution in [2.24, 2.45) is 0 Å². The lowest BCUT2D eigenvalue weighted by atomic mass is 10.0. The largest absolute Gasteiger partial charge is 0.462 e. The number of allylic oxidation sites excluding steroid dienone is 6. The molecule has 0 aromatic carbocycles. The molecule has 58 heavy (non-hydrogen) atoms. The highest BCUT2D eigenvalue weighted by Gasteiger charge is 2.19. The van der Waals surface area contributed by atoms with Gasteiger partial charge in [0, 0.05) is 19.3 Å². The molecule has 0 saturated carbocycles. The summed E-state index contributed by atoms with van der Waals surface area (Å²) in [5.41, 5.74) is 0. The molecule has 0 fully saturated rings. The van der Waals surface area contributed by atoms with Crippen molar-refractivity contribution in [3.05, 3.63) is 36.5 Å². The highest BCUT2D eigenvalue weighted by molar-refractivity contribution is 5.71. The van der Waals surface area contributed by atoms with E-state index in [4.69, 9.17) is 14.2 Å². The molecular weight excluding hydrogens is 721 g/mol. The Morgan fingerprint density at radius 2 is 0.672 bits per heavy atom. The Hall–Kier alpha value is -2.37. The van der Waals surface area contributed by atoms with Gasteiger partial charge in [0.15, 0.2) is 6.10 Å². The summed E-state index contributed by atoms with van der Waals surface area (Å²) in [5.74, 6) is -0.886. The number of unbranched alkanes of at least 4 members (excludes halogenated alkanes) is 28. The SMILES string of the molecule is CC/C=C\C/C=C\C/C=C\CCCCCCCC(=O)OC(COC(=O)CCCCCCCCCCC)COC(=O)CCCCCCCCCCCCCCCCCC. The molecule has 0 aliphatic heterocycles. The predicted molar refractivity (Wildman–Crippen MR) is 247 cm³/mol. The molecule has 0 aromatic rings. The molecule has 0 aliphatic carbocycles. The number of esters is 3. The quantitative estimate of drug-likeness (QED) is 0.0264. The van der Waals surface area contributed by atoms with E-state index in [0.717, 1.165) is 96.3 Å². The molecule has 0 saturated heterocycles. The molecule has 6 nitrogen and oxygen atoms in total. The van der Waals surface area contributed by atoms with E-state index in [0.29, 0.717) is 19.3 Å². The maximum Gasteiger partial charge on any atom is 0.306 e. The van der Waals surface area contributed by atoms with Gasteiger partial charge in [-0.25, -0.2) is 0 Å². The Labute approximate surface area is 359 Å². The standard InChI is InChI=1S/C52H94O6/c1-4-7-10-13-16-19-21-23-25-27-28-30-33-36-39-42-45-51(54)57-48-49(47-56-50(53)44-41-38-35-32-18-15-12-9-6-3)58-52(55)46-43-40-37-34-31-29-26-24-22-20-17-14-11-8-5-2/h8,11,17,20,24,26,49H,4-7,9-10,12-16,18-19,21-23,25,27-48H2,1-3H3/b11-8-,20-17-,26-24-. The first-order valence-corrected chi connectivity index (χ1v) is 25.0. The highest BCUT2D eigenvalue weighted by atomic mass is 16.6. The second-order valence-corrected chi connectivity index (χ2v) is 16.7. The van der Waals surface area contributed by atoms with Crippen molar-refractivity contribution in [1.82, 2.24) is 0 Å². The molecule has 0 aromatic heterocycles. The van der Waals surface area contributed by atoms with Gasteiger partial charge >= 0.3 is 17.9 Å². The van der Waals surface area contributed by atoms with Crippen molar-refractivity contribution in [2.75, 3.05) is 13.2 Å². The van der Waals surface area contributed by atoms with Crippen LogP contribution in [0, 0.1) is 0 Å². The van der Waals surface area contributed by atoms with Crippen LogP contribution in [0.2, 0.25) is 0 Å². The first-order valence-electron chi connectivity index (χ1n) is 25.0. The minimum absolute atomic E-state index is 0.0754. The van der Waals surface area contributed by atoms with E-state index >= 15 is 0 Å². The zero-order valence-electron chi connectivity index (χ0n) is 38.6. The molecule has 0 rings (SSSR count). The van der Waals surface area contributed by atoms with Gasteiger partial charge in [0.1, 0.15) is 13.2 Å². The van der Waals surface area contributed by atoms with Crippen LogP contribution < -0.4 is 0 Å². The van der Waals surface area contributed by atoms with Crippen LogP contribution in [0.1, 0.15) is 258 Å². The van der Waals surface area contributed by atoms with Crippen LogP contribution in [0.5, 0.6) is 0 Å². The fourth-order valence-electron chi connectivity index (χ4n) is 7.16. The van der Waals surface area contributed by atoms with Crippen molar-refractivity contribution in [1.29, 1.82) is 0 Å². The van der Waals surface area contributed by atoms with Crippen molar-refractivity contribution >= 4 is 17.9 Å². The summed E-state index contributed by atoms with van der Waals surface area (Å²) < 4.78 is 16.7. The van der Waals surface area contributed by atoms with Crippen molar-refractivity contribution in [3.8, 4) is 0 Å². The van der Waals surface area contributed by atoms with Crippen molar-refractivity contribution in [2.45, 2.75) is 264 Å². The second-order valence-electron chi connectivity index (χ2n) is 16.7. The Kier molecular flexibility index (Phi) is 45.4. The monoisotopic (exact) mass is 815 g/mol. The summed E-state index contributed by atoms with van der Waals surface area (Å²) in [6.45, 7) is 6.51. The zero-order chi connectivity index (χ0) is 42.3. The van der Waals surface area contributed by atoms with E-state index in [1.165, 1.54) is 122 Å². The third-order valence-electron chi connectivity index (χ3n) is 10.9. The normalized spacial score (nSPS) is 12.3. The predicted octanol–water partition coefficient (Wildman–Crippen LogP) is 16.1. The van der Waals surface area contributed by atoms with Crippen molar-refractivity contribution < 1.29 is 28.6 Å². The summed E-state index contributed by atoms with van der Waals surface area (Å²) in [7, 11) is 0. The van der Waals surface area contributed by atoms with Crippen LogP contribution in [0.4, 0.5) is 0 Å². The number of carbonyl (C=O) groups is 3. The molecule has 0 radical (unpaired) electrons. The lowest BCUT2D eigenvalue weighted by Crippen LogP contribution is -2.30. The first-order chi connectivity index (χ1) is 28.5. The average Bonchev–Trinajstić information content (AvgIpc) is 3.22. The Balaban J connectivity index is 4.32. The maximum absolute atomic E-state index is 12.7. The maximum atomic E-state index is 12.7. The van der Waals surface area contributed by atoms with E-state index < -0.39 is 6.10 Å². The minimum Gasteiger partial charge on any atom is -0.462 e. The van der Waals surface area contributed by atoms with Gasteiger partial charge in [-0.2, -0.15) is 0 Å². The molecule has 0 N–H and O–H groups in total. The lowest BCUT2D eigenvalue weighted by Gasteiger charge is -2.18. The molecule has 1 unspecified atom stereocenters. The van der Waals surface area contributed by atoms with Crippen LogP contribution in [0.15, 0.2) is 36.5 Å². The smallest absolute Gasteiger partial charge is 0.306 e. The molecule has 0 heterocycles. The fraction of sp³-hybridized carbons (Fsp3) is 0.827. The van der Waals surface area contributed by atoms with Crippen LogP contribution >= 0.6 is 0 Å². The fourth-order valence-corrected chi connectivity index (χ4v) is 7.16. The van der Waals surface area contributed by atoms with Crippen LogP contribution in [-0.4, -0.2) is 37.2 Å². The third kappa shape index (κ3) is 44.7. The van der Waals surface area contributed by atoms with Gasteiger partial charge in [0.25, 0.3) is 0 Å². The van der Waals surface area contributed by atoms with Crippen LogP contribution in [0.25, 0.3) is 0 Å². The topological polar surface area (TPSA) is 78.9 Å².